The number of rotatable bonds is 7. The van der Waals surface area contributed by atoms with E-state index in [0.717, 1.165) is 71.7 Å². The molecule has 1 saturated heterocycles. The third-order valence-corrected chi connectivity index (χ3v) is 7.80. The fourth-order valence-corrected chi connectivity index (χ4v) is 5.52. The third-order valence-electron chi connectivity index (χ3n) is 7.55. The summed E-state index contributed by atoms with van der Waals surface area (Å²) < 4.78 is 6.12. The number of hydrogen-bond donors (Lipinski definition) is 2. The van der Waals surface area contributed by atoms with Crippen LogP contribution < -0.4 is 10.5 Å². The molecule has 39 heavy (non-hydrogen) atoms. The number of nitrogens with zero attached hydrogens (tertiary/aromatic N) is 3. The number of benzene rings is 2. The van der Waals surface area contributed by atoms with Crippen LogP contribution in [-0.4, -0.2) is 51.6 Å². The molecule has 0 bridgehead atoms. The van der Waals surface area contributed by atoms with E-state index >= 15 is 0 Å². The highest BCUT2D eigenvalue weighted by Gasteiger charge is 2.30. The molecule has 2 aliphatic heterocycles. The maximum absolute atomic E-state index is 12.3. The number of fused-ring (bicyclic) bond motifs is 2. The second kappa shape index (κ2) is 11.4. The van der Waals surface area contributed by atoms with Gasteiger partial charge in [-0.1, -0.05) is 41.9 Å². The summed E-state index contributed by atoms with van der Waals surface area (Å²) in [6, 6.07) is 17.1. The molecule has 1 aromatic heterocycles. The molecule has 0 saturated carbocycles. The summed E-state index contributed by atoms with van der Waals surface area (Å²) in [7, 11) is 0. The van der Waals surface area contributed by atoms with Gasteiger partial charge in [0.15, 0.2) is 0 Å². The van der Waals surface area contributed by atoms with E-state index in [1.54, 1.807) is 24.9 Å². The minimum Gasteiger partial charge on any atom is -0.487 e. The second-order valence-electron chi connectivity index (χ2n) is 10.8. The molecule has 1 fully saturated rings. The van der Waals surface area contributed by atoms with Gasteiger partial charge in [0.1, 0.15) is 12.4 Å². The average molecular weight is 547 g/mol. The number of likely N-dealkylation sites (tertiary alicyclic amines) is 1. The summed E-state index contributed by atoms with van der Waals surface area (Å²) >= 11 is 6.02. The van der Waals surface area contributed by atoms with Crippen LogP contribution in [0, 0.1) is 0 Å². The van der Waals surface area contributed by atoms with Crippen LogP contribution in [0.4, 0.5) is 4.79 Å². The Morgan fingerprint density at radius 2 is 2.03 bits per heavy atom. The SMILES string of the molecule is CC(C)(O)c1ccc2c(c1)/C(=C/CCN1CCC(N(Cc3ccc(Cl)cc3)C(N)=O)C1)c1cccnc1CO2. The Labute approximate surface area is 234 Å². The van der Waals surface area contributed by atoms with E-state index in [2.05, 4.69) is 22.0 Å². The van der Waals surface area contributed by atoms with Gasteiger partial charge in [-0.25, -0.2) is 4.79 Å². The topological polar surface area (TPSA) is 91.9 Å². The molecule has 3 heterocycles. The Morgan fingerprint density at radius 1 is 1.23 bits per heavy atom. The van der Waals surface area contributed by atoms with E-state index in [1.807, 2.05) is 48.5 Å². The van der Waals surface area contributed by atoms with Crippen molar-refractivity contribution < 1.29 is 14.6 Å². The molecule has 3 N–H and O–H groups in total. The number of amides is 2. The van der Waals surface area contributed by atoms with E-state index in [-0.39, 0.29) is 6.04 Å². The van der Waals surface area contributed by atoms with Crippen molar-refractivity contribution >= 4 is 23.2 Å². The molecule has 2 amide bonds. The zero-order valence-electron chi connectivity index (χ0n) is 22.4. The summed E-state index contributed by atoms with van der Waals surface area (Å²) in [5.74, 6) is 0.785. The van der Waals surface area contributed by atoms with Crippen molar-refractivity contribution in [1.82, 2.24) is 14.8 Å². The van der Waals surface area contributed by atoms with Gasteiger partial charge in [-0.3, -0.25) is 4.98 Å². The Bertz CT molecular complexity index is 1370. The van der Waals surface area contributed by atoms with Crippen molar-refractivity contribution in [2.45, 2.75) is 51.5 Å². The molecule has 5 rings (SSSR count). The molecule has 3 aromatic rings. The van der Waals surface area contributed by atoms with Crippen LogP contribution in [0.15, 0.2) is 66.9 Å². The van der Waals surface area contributed by atoms with E-state index in [4.69, 9.17) is 22.1 Å². The molecular formula is C31H35ClN4O3. The molecular weight excluding hydrogens is 512 g/mol. The van der Waals surface area contributed by atoms with Crippen molar-refractivity contribution in [3.63, 3.8) is 0 Å². The van der Waals surface area contributed by atoms with Gasteiger partial charge in [0.2, 0.25) is 0 Å². The lowest BCUT2D eigenvalue weighted by molar-refractivity contribution is 0.0785. The third kappa shape index (κ3) is 6.27. The highest BCUT2D eigenvalue weighted by atomic mass is 35.5. The number of carbonyl (C=O) groups excluding carboxylic acids is 1. The minimum atomic E-state index is -0.965. The maximum atomic E-state index is 12.3. The van der Waals surface area contributed by atoms with Crippen molar-refractivity contribution in [3.05, 3.63) is 99.8 Å². The standard InChI is InChI=1S/C31H35ClN4O3/c1-31(2,38)22-9-12-29-27(17-22)25(26-5-3-14-34-28(26)20-39-29)6-4-15-35-16-13-24(19-35)36(30(33)37)18-21-7-10-23(32)11-8-21/h3,5-12,14,17,24,38H,4,13,15-16,18-20H2,1-2H3,(H2,33,37)/b25-6+. The number of pyridine rings is 1. The van der Waals surface area contributed by atoms with Crippen LogP contribution >= 0.6 is 11.6 Å². The Kier molecular flexibility index (Phi) is 7.93. The van der Waals surface area contributed by atoms with Crippen molar-refractivity contribution in [2.75, 3.05) is 19.6 Å². The first-order valence-corrected chi connectivity index (χ1v) is 13.7. The van der Waals surface area contributed by atoms with Gasteiger partial charge >= 0.3 is 6.03 Å². The van der Waals surface area contributed by atoms with Gasteiger partial charge in [0.25, 0.3) is 0 Å². The number of urea groups is 1. The van der Waals surface area contributed by atoms with Crippen LogP contribution in [0.3, 0.4) is 0 Å². The van der Waals surface area contributed by atoms with Crippen molar-refractivity contribution in [1.29, 1.82) is 0 Å². The van der Waals surface area contributed by atoms with E-state index in [0.29, 0.717) is 18.2 Å². The lowest BCUT2D eigenvalue weighted by Gasteiger charge is -2.27. The normalized spacial score (nSPS) is 18.3. The number of ether oxygens (including phenoxy) is 1. The minimum absolute atomic E-state index is 0.0668. The molecule has 1 unspecified atom stereocenters. The Morgan fingerprint density at radius 3 is 2.77 bits per heavy atom. The molecule has 0 aliphatic carbocycles. The van der Waals surface area contributed by atoms with Crippen LogP contribution in [0.5, 0.6) is 5.75 Å². The molecule has 0 radical (unpaired) electrons. The monoisotopic (exact) mass is 546 g/mol. The van der Waals surface area contributed by atoms with Crippen molar-refractivity contribution in [3.8, 4) is 5.75 Å². The lowest BCUT2D eigenvalue weighted by atomic mass is 9.90. The van der Waals surface area contributed by atoms with E-state index < -0.39 is 11.6 Å². The first-order chi connectivity index (χ1) is 18.7. The first-order valence-electron chi connectivity index (χ1n) is 13.4. The van der Waals surface area contributed by atoms with Gasteiger partial charge < -0.3 is 25.4 Å². The molecule has 1 atom stereocenters. The molecule has 2 aliphatic rings. The number of halogens is 1. The zero-order chi connectivity index (χ0) is 27.6. The van der Waals surface area contributed by atoms with E-state index in [1.165, 1.54) is 0 Å². The maximum Gasteiger partial charge on any atom is 0.315 e. The van der Waals surface area contributed by atoms with Gasteiger partial charge in [-0.2, -0.15) is 0 Å². The van der Waals surface area contributed by atoms with Crippen LogP contribution in [0.2, 0.25) is 5.02 Å². The largest absolute Gasteiger partial charge is 0.487 e. The fraction of sp³-hybridized carbons (Fsp3) is 0.355. The quantitative estimate of drug-likeness (QED) is 0.418. The van der Waals surface area contributed by atoms with Gasteiger partial charge in [-0.05, 0) is 73.7 Å². The van der Waals surface area contributed by atoms with Gasteiger partial charge in [0.05, 0.1) is 11.3 Å². The smallest absolute Gasteiger partial charge is 0.315 e. The number of hydrogen-bond acceptors (Lipinski definition) is 5. The second-order valence-corrected chi connectivity index (χ2v) is 11.2. The highest BCUT2D eigenvalue weighted by molar-refractivity contribution is 6.30. The predicted octanol–water partition coefficient (Wildman–Crippen LogP) is 5.33. The first kappa shape index (κ1) is 27.2. The molecule has 7 nitrogen and oxygen atoms in total. The number of carbonyl (C=O) groups is 1. The molecule has 204 valence electrons. The molecule has 2 aromatic carbocycles. The molecule has 0 spiro atoms. The van der Waals surface area contributed by atoms with Crippen LogP contribution in [0.25, 0.3) is 5.57 Å². The lowest BCUT2D eigenvalue weighted by Crippen LogP contribution is -2.44. The summed E-state index contributed by atoms with van der Waals surface area (Å²) in [5, 5.41) is 11.3. The van der Waals surface area contributed by atoms with Crippen molar-refractivity contribution in [2.24, 2.45) is 5.73 Å². The Balaban J connectivity index is 1.32. The summed E-state index contributed by atoms with van der Waals surface area (Å²) in [4.78, 5) is 21.0. The number of primary amides is 1. The van der Waals surface area contributed by atoms with E-state index in [9.17, 15) is 9.90 Å². The van der Waals surface area contributed by atoms with Crippen LogP contribution in [0.1, 0.15) is 54.6 Å². The number of aromatic nitrogens is 1. The number of aliphatic hydroxyl groups is 1. The number of nitrogens with two attached hydrogens (primary N) is 1. The summed E-state index contributed by atoms with van der Waals surface area (Å²) in [5.41, 5.74) is 10.6. The average Bonchev–Trinajstić information content (AvgIpc) is 3.31. The summed E-state index contributed by atoms with van der Waals surface area (Å²) in [6.45, 7) is 6.98. The van der Waals surface area contributed by atoms with Crippen LogP contribution in [-0.2, 0) is 18.8 Å². The van der Waals surface area contributed by atoms with Gasteiger partial charge in [-0.15, -0.1) is 0 Å². The Hall–Kier alpha value is -3.39. The summed E-state index contributed by atoms with van der Waals surface area (Å²) in [6.07, 6.45) is 5.73. The highest BCUT2D eigenvalue weighted by Crippen LogP contribution is 2.38. The fourth-order valence-electron chi connectivity index (χ4n) is 5.39. The zero-order valence-corrected chi connectivity index (χ0v) is 23.2. The van der Waals surface area contributed by atoms with Gasteiger partial charge in [0, 0.05) is 54.6 Å². The predicted molar refractivity (Wildman–Crippen MR) is 153 cm³/mol. The molecule has 8 heteroatoms.